The van der Waals surface area contributed by atoms with Gasteiger partial charge in [0.1, 0.15) is 0 Å². The molecule has 2 heteroatoms. The standard InChI is InChI=1S/C19H23NO/c1-13(2)20-18-10-9-17(12-19(18)21)16-8-7-14-5-3-4-6-15(14)11-16/h3-8,11-13,18-21H,9-10H2,1-2H3/t18-,19-/m1/s1. The third kappa shape index (κ3) is 3.17. The van der Waals surface area contributed by atoms with Crippen LogP contribution in [0.15, 0.2) is 48.5 Å². The minimum absolute atomic E-state index is 0.175. The Kier molecular flexibility index (Phi) is 4.09. The van der Waals surface area contributed by atoms with Crippen molar-refractivity contribution in [1.29, 1.82) is 0 Å². The zero-order valence-electron chi connectivity index (χ0n) is 12.7. The highest BCUT2D eigenvalue weighted by Gasteiger charge is 2.23. The van der Waals surface area contributed by atoms with E-state index in [9.17, 15) is 5.11 Å². The molecule has 0 aliphatic heterocycles. The maximum Gasteiger partial charge on any atom is 0.0879 e. The summed E-state index contributed by atoms with van der Waals surface area (Å²) in [5.41, 5.74) is 2.49. The fraction of sp³-hybridized carbons (Fsp3) is 0.368. The highest BCUT2D eigenvalue weighted by atomic mass is 16.3. The summed E-state index contributed by atoms with van der Waals surface area (Å²) in [6.07, 6.45) is 3.62. The predicted molar refractivity (Wildman–Crippen MR) is 89.2 cm³/mol. The molecule has 2 aromatic rings. The first-order valence-electron chi connectivity index (χ1n) is 7.77. The zero-order chi connectivity index (χ0) is 14.8. The Morgan fingerprint density at radius 3 is 2.57 bits per heavy atom. The number of hydrogen-bond donors (Lipinski definition) is 2. The fourth-order valence-electron chi connectivity index (χ4n) is 3.13. The van der Waals surface area contributed by atoms with Crippen LogP contribution in [0.1, 0.15) is 32.3 Å². The average Bonchev–Trinajstić information content (AvgIpc) is 2.48. The maximum atomic E-state index is 10.3. The van der Waals surface area contributed by atoms with Crippen LogP contribution in [0.3, 0.4) is 0 Å². The van der Waals surface area contributed by atoms with Gasteiger partial charge in [0, 0.05) is 12.1 Å². The summed E-state index contributed by atoms with van der Waals surface area (Å²) >= 11 is 0. The molecule has 3 rings (SSSR count). The van der Waals surface area contributed by atoms with E-state index in [2.05, 4.69) is 61.6 Å². The van der Waals surface area contributed by atoms with Gasteiger partial charge in [0.25, 0.3) is 0 Å². The molecule has 0 spiro atoms. The van der Waals surface area contributed by atoms with Crippen LogP contribution in [0.4, 0.5) is 0 Å². The number of hydrogen-bond acceptors (Lipinski definition) is 2. The number of aliphatic hydroxyl groups excluding tert-OH is 1. The second-order valence-corrected chi connectivity index (χ2v) is 6.21. The topological polar surface area (TPSA) is 32.3 Å². The second kappa shape index (κ2) is 6.00. The lowest BCUT2D eigenvalue weighted by Crippen LogP contribution is -2.44. The van der Waals surface area contributed by atoms with Crippen molar-refractivity contribution in [1.82, 2.24) is 5.32 Å². The van der Waals surface area contributed by atoms with Crippen LogP contribution in [0.5, 0.6) is 0 Å². The van der Waals surface area contributed by atoms with Gasteiger partial charge in [-0.3, -0.25) is 0 Å². The molecular weight excluding hydrogens is 258 g/mol. The van der Waals surface area contributed by atoms with Crippen molar-refractivity contribution < 1.29 is 5.11 Å². The Morgan fingerprint density at radius 2 is 1.86 bits per heavy atom. The van der Waals surface area contributed by atoms with Crippen LogP contribution >= 0.6 is 0 Å². The van der Waals surface area contributed by atoms with E-state index < -0.39 is 6.10 Å². The highest BCUT2D eigenvalue weighted by molar-refractivity contribution is 5.86. The van der Waals surface area contributed by atoms with Crippen molar-refractivity contribution in [2.75, 3.05) is 0 Å². The van der Waals surface area contributed by atoms with Crippen LogP contribution < -0.4 is 5.32 Å². The molecule has 0 saturated heterocycles. The molecule has 0 aromatic heterocycles. The van der Waals surface area contributed by atoms with Crippen molar-refractivity contribution in [3.63, 3.8) is 0 Å². The molecule has 2 N–H and O–H groups in total. The highest BCUT2D eigenvalue weighted by Crippen LogP contribution is 2.29. The average molecular weight is 281 g/mol. The third-order valence-corrected chi connectivity index (χ3v) is 4.18. The molecule has 21 heavy (non-hydrogen) atoms. The molecule has 1 aliphatic rings. The molecule has 2 aromatic carbocycles. The molecule has 110 valence electrons. The van der Waals surface area contributed by atoms with E-state index in [-0.39, 0.29) is 6.04 Å². The van der Waals surface area contributed by atoms with Gasteiger partial charge in [0.2, 0.25) is 0 Å². The molecule has 0 bridgehead atoms. The summed E-state index contributed by atoms with van der Waals surface area (Å²) in [4.78, 5) is 0. The van der Waals surface area contributed by atoms with Crippen molar-refractivity contribution in [3.05, 3.63) is 54.1 Å². The predicted octanol–water partition coefficient (Wildman–Crippen LogP) is 3.74. The quantitative estimate of drug-likeness (QED) is 0.898. The molecule has 0 saturated carbocycles. The van der Waals surface area contributed by atoms with E-state index >= 15 is 0 Å². The van der Waals surface area contributed by atoms with Crippen molar-refractivity contribution in [3.8, 4) is 0 Å². The molecule has 2 atom stereocenters. The Morgan fingerprint density at radius 1 is 1.10 bits per heavy atom. The monoisotopic (exact) mass is 281 g/mol. The van der Waals surface area contributed by atoms with Gasteiger partial charge in [-0.05, 0) is 40.8 Å². The molecule has 1 aliphatic carbocycles. The van der Waals surface area contributed by atoms with E-state index in [4.69, 9.17) is 0 Å². The molecule has 0 radical (unpaired) electrons. The smallest absolute Gasteiger partial charge is 0.0879 e. The van der Waals surface area contributed by atoms with Crippen LogP contribution in [0.25, 0.3) is 16.3 Å². The number of benzene rings is 2. The lowest BCUT2D eigenvalue weighted by atomic mass is 9.88. The lowest BCUT2D eigenvalue weighted by molar-refractivity contribution is 0.156. The fourth-order valence-corrected chi connectivity index (χ4v) is 3.13. The van der Waals surface area contributed by atoms with Crippen LogP contribution in [0.2, 0.25) is 0 Å². The summed E-state index contributed by atoms with van der Waals surface area (Å²) in [6.45, 7) is 4.24. The number of aliphatic hydroxyl groups is 1. The largest absolute Gasteiger partial charge is 0.387 e. The molecule has 0 unspecified atom stereocenters. The Hall–Kier alpha value is -1.64. The van der Waals surface area contributed by atoms with Crippen LogP contribution in [-0.4, -0.2) is 23.3 Å². The molecule has 0 heterocycles. The summed E-state index contributed by atoms with van der Waals surface area (Å²) < 4.78 is 0. The first-order valence-corrected chi connectivity index (χ1v) is 7.77. The van der Waals surface area contributed by atoms with Gasteiger partial charge in [-0.2, -0.15) is 0 Å². The van der Waals surface area contributed by atoms with Gasteiger partial charge in [-0.1, -0.05) is 56.3 Å². The summed E-state index contributed by atoms with van der Waals surface area (Å²) in [6, 6.07) is 15.5. The molecular formula is C19H23NO. The number of rotatable bonds is 3. The summed E-state index contributed by atoms with van der Waals surface area (Å²) in [5, 5.41) is 16.3. The third-order valence-electron chi connectivity index (χ3n) is 4.18. The number of nitrogens with one attached hydrogen (secondary N) is 1. The van der Waals surface area contributed by atoms with Crippen LogP contribution in [0, 0.1) is 0 Å². The Bertz CT molecular complexity index is 659. The van der Waals surface area contributed by atoms with Crippen molar-refractivity contribution in [2.45, 2.75) is 44.9 Å². The number of fused-ring (bicyclic) bond motifs is 1. The molecule has 0 fully saturated rings. The van der Waals surface area contributed by atoms with Crippen LogP contribution in [-0.2, 0) is 0 Å². The first kappa shape index (κ1) is 14.3. The minimum atomic E-state index is -0.400. The normalized spacial score (nSPS) is 22.6. The SMILES string of the molecule is CC(C)N[C@@H]1CCC(c2ccc3ccccc3c2)=C[C@H]1O. The van der Waals surface area contributed by atoms with Crippen molar-refractivity contribution in [2.24, 2.45) is 0 Å². The minimum Gasteiger partial charge on any atom is -0.387 e. The summed E-state index contributed by atoms with van der Waals surface area (Å²) in [7, 11) is 0. The number of allylic oxidation sites excluding steroid dienone is 1. The van der Waals surface area contributed by atoms with Gasteiger partial charge in [-0.15, -0.1) is 0 Å². The van der Waals surface area contributed by atoms with Gasteiger partial charge < -0.3 is 10.4 Å². The van der Waals surface area contributed by atoms with E-state index in [1.54, 1.807) is 0 Å². The van der Waals surface area contributed by atoms with Gasteiger partial charge in [-0.25, -0.2) is 0 Å². The van der Waals surface area contributed by atoms with Gasteiger partial charge in [0.05, 0.1) is 6.10 Å². The van der Waals surface area contributed by atoms with E-state index in [0.717, 1.165) is 12.8 Å². The van der Waals surface area contributed by atoms with Crippen molar-refractivity contribution >= 4 is 16.3 Å². The zero-order valence-corrected chi connectivity index (χ0v) is 12.7. The summed E-state index contributed by atoms with van der Waals surface area (Å²) in [5.74, 6) is 0. The Balaban J connectivity index is 1.86. The van der Waals surface area contributed by atoms with E-state index in [1.165, 1.54) is 21.9 Å². The Labute approximate surface area is 126 Å². The van der Waals surface area contributed by atoms with E-state index in [1.807, 2.05) is 6.08 Å². The van der Waals surface area contributed by atoms with Gasteiger partial charge in [0.15, 0.2) is 0 Å². The molecule has 2 nitrogen and oxygen atoms in total. The molecule has 0 amide bonds. The van der Waals surface area contributed by atoms with Gasteiger partial charge >= 0.3 is 0 Å². The maximum absolute atomic E-state index is 10.3. The second-order valence-electron chi connectivity index (χ2n) is 6.21. The first-order chi connectivity index (χ1) is 10.1. The lowest BCUT2D eigenvalue weighted by Gasteiger charge is -2.29. The van der Waals surface area contributed by atoms with E-state index in [0.29, 0.717) is 6.04 Å².